The zero-order chi connectivity index (χ0) is 23.5. The molecule has 1 aliphatic carbocycles. The Hall–Kier alpha value is -2.05. The van der Waals surface area contributed by atoms with Crippen molar-refractivity contribution in [1.82, 2.24) is 15.6 Å². The van der Waals surface area contributed by atoms with Crippen molar-refractivity contribution >= 4 is 32.7 Å². The van der Waals surface area contributed by atoms with Crippen molar-refractivity contribution < 1.29 is 38.0 Å². The van der Waals surface area contributed by atoms with Crippen molar-refractivity contribution in [3.63, 3.8) is 0 Å². The van der Waals surface area contributed by atoms with E-state index in [0.717, 1.165) is 0 Å². The summed E-state index contributed by atoms with van der Waals surface area (Å²) in [6, 6.07) is 1.85. The fourth-order valence-electron chi connectivity index (χ4n) is 3.65. The summed E-state index contributed by atoms with van der Waals surface area (Å²) in [5, 5.41) is 14.8. The average molecular weight is 528 g/mol. The molecule has 0 unspecified atom stereocenters. The fourth-order valence-corrected chi connectivity index (χ4v) is 4.10. The van der Waals surface area contributed by atoms with Gasteiger partial charge >= 0.3 is 12.8 Å². The van der Waals surface area contributed by atoms with Crippen molar-refractivity contribution in [3.05, 3.63) is 34.4 Å². The summed E-state index contributed by atoms with van der Waals surface area (Å²) < 4.78 is 68.0. The lowest BCUT2D eigenvalue weighted by Crippen LogP contribution is -2.51. The predicted molar refractivity (Wildman–Crippen MR) is 112 cm³/mol. The first-order chi connectivity index (χ1) is 15.1. The third-order valence-electron chi connectivity index (χ3n) is 5.29. The van der Waals surface area contributed by atoms with E-state index < -0.39 is 31.5 Å². The van der Waals surface area contributed by atoms with Crippen LogP contribution in [0.2, 0.25) is 0 Å². The molecule has 0 radical (unpaired) electrons. The minimum absolute atomic E-state index is 0. The molecule has 32 heavy (non-hydrogen) atoms. The Morgan fingerprint density at radius 3 is 2.47 bits per heavy atom. The normalized spacial score (nSPS) is 20.4. The maximum Gasteiger partial charge on any atom is 0.406 e. The number of carbonyl (C=O) groups is 1. The molecular weight excluding hydrogens is 505 g/mol. The van der Waals surface area contributed by atoms with E-state index in [4.69, 9.17) is 5.11 Å². The molecule has 1 aliphatic rings. The highest BCUT2D eigenvalue weighted by Crippen LogP contribution is 2.31. The quantitative estimate of drug-likeness (QED) is 0.465. The lowest BCUT2D eigenvalue weighted by Gasteiger charge is -2.32. The Morgan fingerprint density at radius 1 is 1.22 bits per heavy atom. The van der Waals surface area contributed by atoms with Crippen LogP contribution >= 0.6 is 15.9 Å². The Bertz CT molecular complexity index is 958. The summed E-state index contributed by atoms with van der Waals surface area (Å²) >= 11 is 3.15. The number of aromatic nitrogens is 1. The van der Waals surface area contributed by atoms with E-state index in [2.05, 4.69) is 36.3 Å². The number of benzene rings is 1. The molecule has 1 saturated carbocycles. The van der Waals surface area contributed by atoms with Gasteiger partial charge < -0.3 is 20.5 Å². The van der Waals surface area contributed by atoms with Gasteiger partial charge in [0.2, 0.25) is 0 Å². The van der Waals surface area contributed by atoms with E-state index in [-0.39, 0.29) is 29.2 Å². The second-order valence-electron chi connectivity index (χ2n) is 7.54. The number of aliphatic hydroxyl groups is 1. The fraction of sp³-hybridized carbons (Fsp3) is 0.500. The third kappa shape index (κ3) is 6.26. The molecule has 1 atom stereocenters. The molecule has 6 nitrogen and oxygen atoms in total. The Kier molecular flexibility index (Phi) is 7.88. The molecule has 1 aromatic heterocycles. The molecule has 1 aromatic carbocycles. The lowest BCUT2D eigenvalue weighted by atomic mass is 9.90. The summed E-state index contributed by atoms with van der Waals surface area (Å²) in [4.78, 5) is 16.7. The van der Waals surface area contributed by atoms with Gasteiger partial charge in [0.05, 0.1) is 22.2 Å². The zero-order valence-corrected chi connectivity index (χ0v) is 18.2. The predicted octanol–water partition coefficient (Wildman–Crippen LogP) is 4.40. The highest BCUT2D eigenvalue weighted by Gasteiger charge is 2.40. The summed E-state index contributed by atoms with van der Waals surface area (Å²) in [6.07, 6.45) is -1.38. The topological polar surface area (TPSA) is 83.5 Å². The van der Waals surface area contributed by atoms with Crippen LogP contribution in [0.3, 0.4) is 0 Å². The van der Waals surface area contributed by atoms with E-state index >= 15 is 0 Å². The van der Waals surface area contributed by atoms with Gasteiger partial charge in [-0.2, -0.15) is 22.0 Å². The summed E-state index contributed by atoms with van der Waals surface area (Å²) in [5.74, 6) is -0.458. The van der Waals surface area contributed by atoms with Crippen molar-refractivity contribution in [2.75, 3.05) is 6.61 Å². The van der Waals surface area contributed by atoms with Crippen LogP contribution in [-0.2, 0) is 0 Å². The number of pyridine rings is 1. The Morgan fingerprint density at radius 2 is 1.88 bits per heavy atom. The second kappa shape index (κ2) is 10.3. The van der Waals surface area contributed by atoms with Gasteiger partial charge in [-0.3, -0.25) is 9.78 Å². The first-order valence-corrected chi connectivity index (χ1v) is 10.6. The number of hydrogen-bond acceptors (Lipinski definition) is 5. The van der Waals surface area contributed by atoms with E-state index in [1.54, 1.807) is 6.07 Å². The molecule has 12 heteroatoms. The smallest absolute Gasteiger partial charge is 0.406 e. The standard InChI is InChI=1S/C20H21BrF5N3O3.H2/c21-14-6-10-5-11(8-27-15(10)7-16(14)32-19(22)23)18(31)29-13-3-1-12(2-4-13)28-17(9-30)20(24,25)26;/h5-8,12-13,17,19,28,30H,1-4,9H2,(H,29,31);1H/t12?,13?,17-;/m0./s1. The third-order valence-corrected chi connectivity index (χ3v) is 5.91. The maximum absolute atomic E-state index is 12.8. The lowest BCUT2D eigenvalue weighted by molar-refractivity contribution is -0.166. The molecule has 0 saturated heterocycles. The van der Waals surface area contributed by atoms with Crippen molar-refractivity contribution in [3.8, 4) is 5.75 Å². The van der Waals surface area contributed by atoms with Gasteiger partial charge in [0, 0.05) is 31.2 Å². The second-order valence-corrected chi connectivity index (χ2v) is 8.40. The number of fused-ring (bicyclic) bond motifs is 1. The monoisotopic (exact) mass is 527 g/mol. The van der Waals surface area contributed by atoms with Crippen LogP contribution in [0.4, 0.5) is 22.0 Å². The van der Waals surface area contributed by atoms with Crippen LogP contribution < -0.4 is 15.4 Å². The Labute approximate surface area is 190 Å². The molecule has 2 aromatic rings. The molecule has 1 amide bonds. The van der Waals surface area contributed by atoms with Crippen LogP contribution in [0.1, 0.15) is 37.5 Å². The maximum atomic E-state index is 12.8. The summed E-state index contributed by atoms with van der Waals surface area (Å²) in [6.45, 7) is -4.01. The minimum Gasteiger partial charge on any atom is -0.434 e. The molecule has 3 rings (SSSR count). The van der Waals surface area contributed by atoms with E-state index in [1.807, 2.05) is 0 Å². The van der Waals surface area contributed by atoms with Crippen molar-refractivity contribution in [1.29, 1.82) is 0 Å². The molecule has 0 bridgehead atoms. The molecule has 178 valence electrons. The molecule has 0 spiro atoms. The van der Waals surface area contributed by atoms with Crippen molar-refractivity contribution in [2.45, 2.75) is 56.6 Å². The number of nitrogens with zero attached hydrogens (tertiary/aromatic N) is 1. The Balaban J connectivity index is 0.00000385. The number of hydrogen-bond donors (Lipinski definition) is 3. The van der Waals surface area contributed by atoms with E-state index in [1.165, 1.54) is 18.3 Å². The molecule has 1 heterocycles. The van der Waals surface area contributed by atoms with Crippen LogP contribution in [0.15, 0.2) is 28.9 Å². The molecular formula is C20H23BrF5N3O3. The van der Waals surface area contributed by atoms with Crippen molar-refractivity contribution in [2.24, 2.45) is 0 Å². The average Bonchev–Trinajstić information content (AvgIpc) is 2.72. The number of carbonyl (C=O) groups excluding carboxylic acids is 1. The largest absolute Gasteiger partial charge is 0.434 e. The molecule has 3 N–H and O–H groups in total. The summed E-state index contributed by atoms with van der Waals surface area (Å²) in [5.41, 5.74) is 0.639. The van der Waals surface area contributed by atoms with Gasteiger partial charge in [-0.15, -0.1) is 0 Å². The van der Waals surface area contributed by atoms with Crippen LogP contribution in [-0.4, -0.2) is 53.5 Å². The number of alkyl halides is 5. The SMILES string of the molecule is O=C(NC1CCC(N[C@@H](CO)C(F)(F)F)CC1)c1cnc2cc(OC(F)F)c(Br)cc2c1.[HH]. The van der Waals surface area contributed by atoms with Crippen LogP contribution in [0.5, 0.6) is 5.75 Å². The number of rotatable bonds is 7. The van der Waals surface area contributed by atoms with Gasteiger partial charge in [-0.1, -0.05) is 0 Å². The summed E-state index contributed by atoms with van der Waals surface area (Å²) in [7, 11) is 0. The number of aliphatic hydroxyl groups excluding tert-OH is 1. The van der Waals surface area contributed by atoms with Gasteiger partial charge in [-0.05, 0) is 53.7 Å². The minimum atomic E-state index is -4.52. The first-order valence-electron chi connectivity index (χ1n) is 9.85. The number of halogens is 6. The number of nitrogens with one attached hydrogen (secondary N) is 2. The molecule has 1 fully saturated rings. The van der Waals surface area contributed by atoms with E-state index in [0.29, 0.717) is 36.6 Å². The first kappa shape index (κ1) is 24.6. The zero-order valence-electron chi connectivity index (χ0n) is 16.6. The van der Waals surface area contributed by atoms with E-state index in [9.17, 15) is 26.7 Å². The number of ether oxygens (including phenoxy) is 1. The highest BCUT2D eigenvalue weighted by atomic mass is 79.9. The van der Waals surface area contributed by atoms with Gasteiger partial charge in [0.1, 0.15) is 11.8 Å². The van der Waals surface area contributed by atoms with Crippen LogP contribution in [0.25, 0.3) is 10.9 Å². The van der Waals surface area contributed by atoms with Gasteiger partial charge in [0.15, 0.2) is 0 Å². The molecule has 0 aliphatic heterocycles. The highest BCUT2D eigenvalue weighted by molar-refractivity contribution is 9.10. The number of amides is 1. The van der Waals surface area contributed by atoms with Crippen LogP contribution in [0, 0.1) is 0 Å². The van der Waals surface area contributed by atoms with Gasteiger partial charge in [0.25, 0.3) is 5.91 Å². The van der Waals surface area contributed by atoms with Gasteiger partial charge in [-0.25, -0.2) is 0 Å².